The molecule has 1 aromatic carbocycles. The van der Waals surface area contributed by atoms with E-state index < -0.39 is 0 Å². The number of aromatic nitrogens is 1. The summed E-state index contributed by atoms with van der Waals surface area (Å²) in [6.07, 6.45) is 5.91. The number of carbonyl (C=O) groups is 2. The van der Waals surface area contributed by atoms with Crippen LogP contribution in [0.25, 0.3) is 0 Å². The van der Waals surface area contributed by atoms with E-state index in [1.165, 1.54) is 6.42 Å². The number of methoxy groups -OCH3 is 1. The van der Waals surface area contributed by atoms with Gasteiger partial charge < -0.3 is 15.4 Å². The molecule has 4 aliphatic rings. The Morgan fingerprint density at radius 3 is 2.26 bits per heavy atom. The summed E-state index contributed by atoms with van der Waals surface area (Å²) >= 11 is 0. The Kier molecular flexibility index (Phi) is 4.76. The minimum absolute atomic E-state index is 0.0670. The van der Waals surface area contributed by atoms with Gasteiger partial charge in [0.1, 0.15) is 11.4 Å². The number of nitrogens with one attached hydrogen (secondary N) is 2. The van der Waals surface area contributed by atoms with Crippen LogP contribution < -0.4 is 15.4 Å². The largest absolute Gasteiger partial charge is 0.497 e. The van der Waals surface area contributed by atoms with Crippen molar-refractivity contribution in [3.05, 3.63) is 59.4 Å². The van der Waals surface area contributed by atoms with Gasteiger partial charge in [-0.15, -0.1) is 0 Å². The van der Waals surface area contributed by atoms with E-state index in [4.69, 9.17) is 4.74 Å². The van der Waals surface area contributed by atoms with E-state index in [2.05, 4.69) is 15.6 Å². The fraction of sp³-hybridized carbons (Fsp3) is 0.480. The van der Waals surface area contributed by atoms with Crippen LogP contribution in [0.3, 0.4) is 0 Å². The number of hydrogen-bond donors (Lipinski definition) is 2. The predicted molar refractivity (Wildman–Crippen MR) is 117 cm³/mol. The zero-order valence-corrected chi connectivity index (χ0v) is 18.1. The van der Waals surface area contributed by atoms with E-state index in [1.54, 1.807) is 19.2 Å². The molecular formula is C25H29N3O3. The maximum Gasteiger partial charge on any atom is 0.270 e. The number of nitrogens with zero attached hydrogens (tertiary/aromatic N) is 1. The van der Waals surface area contributed by atoms with Crippen LogP contribution in [0.1, 0.15) is 65.1 Å². The first kappa shape index (κ1) is 20.0. The van der Waals surface area contributed by atoms with Gasteiger partial charge in [-0.3, -0.25) is 9.59 Å². The van der Waals surface area contributed by atoms with Gasteiger partial charge in [-0.25, -0.2) is 4.98 Å². The van der Waals surface area contributed by atoms with Gasteiger partial charge in [0, 0.05) is 22.3 Å². The molecule has 1 aromatic heterocycles. The van der Waals surface area contributed by atoms with E-state index in [-0.39, 0.29) is 22.9 Å². The predicted octanol–water partition coefficient (Wildman–Crippen LogP) is 3.65. The molecule has 6 nitrogen and oxygen atoms in total. The molecular weight excluding hydrogens is 390 g/mol. The monoisotopic (exact) mass is 419 g/mol. The molecule has 2 amide bonds. The first-order valence-electron chi connectivity index (χ1n) is 11.1. The van der Waals surface area contributed by atoms with Crippen molar-refractivity contribution in [2.75, 3.05) is 7.11 Å². The van der Waals surface area contributed by atoms with Crippen LogP contribution in [0.5, 0.6) is 5.75 Å². The van der Waals surface area contributed by atoms with Crippen LogP contribution in [-0.4, -0.2) is 35.0 Å². The molecule has 2 atom stereocenters. The molecule has 0 spiro atoms. The minimum atomic E-state index is -0.270. The third-order valence-corrected chi connectivity index (χ3v) is 7.27. The second kappa shape index (κ2) is 7.36. The van der Waals surface area contributed by atoms with Crippen molar-refractivity contribution < 1.29 is 14.3 Å². The second-order valence-electron chi connectivity index (χ2n) is 9.83. The minimum Gasteiger partial charge on any atom is -0.497 e. The molecule has 4 bridgehead atoms. The van der Waals surface area contributed by atoms with Crippen LogP contribution in [0.4, 0.5) is 0 Å². The summed E-state index contributed by atoms with van der Waals surface area (Å²) < 4.78 is 5.28. The Morgan fingerprint density at radius 2 is 1.61 bits per heavy atom. The van der Waals surface area contributed by atoms with Gasteiger partial charge >= 0.3 is 0 Å². The van der Waals surface area contributed by atoms with Crippen LogP contribution in [-0.2, 0) is 0 Å². The Bertz CT molecular complexity index is 1020. The molecule has 2 unspecified atom stereocenters. The van der Waals surface area contributed by atoms with Crippen LogP contribution in [0.2, 0.25) is 0 Å². The molecule has 4 aliphatic carbocycles. The highest BCUT2D eigenvalue weighted by Gasteiger charge is 2.58. The lowest BCUT2D eigenvalue weighted by Crippen LogP contribution is -2.69. The van der Waals surface area contributed by atoms with E-state index in [0.29, 0.717) is 28.8 Å². The van der Waals surface area contributed by atoms with Crippen molar-refractivity contribution in [3.63, 3.8) is 0 Å². The molecule has 162 valence electrons. The van der Waals surface area contributed by atoms with Crippen LogP contribution in [0.15, 0.2) is 42.5 Å². The number of aryl methyl sites for hydroxylation is 1. The molecule has 31 heavy (non-hydrogen) atoms. The second-order valence-corrected chi connectivity index (χ2v) is 9.83. The summed E-state index contributed by atoms with van der Waals surface area (Å²) in [5.74, 6) is 1.55. The Morgan fingerprint density at radius 1 is 0.968 bits per heavy atom. The fourth-order valence-corrected chi connectivity index (χ4v) is 6.61. The van der Waals surface area contributed by atoms with Crippen molar-refractivity contribution in [2.45, 2.75) is 56.5 Å². The number of amides is 2. The summed E-state index contributed by atoms with van der Waals surface area (Å²) in [6, 6.07) is 12.8. The van der Waals surface area contributed by atoms with Crippen molar-refractivity contribution in [1.82, 2.24) is 15.6 Å². The highest BCUT2D eigenvalue weighted by molar-refractivity contribution is 5.95. The Balaban J connectivity index is 1.37. The third-order valence-electron chi connectivity index (χ3n) is 7.27. The maximum atomic E-state index is 13.1. The van der Waals surface area contributed by atoms with E-state index in [1.807, 2.05) is 37.3 Å². The highest BCUT2D eigenvalue weighted by Crippen LogP contribution is 2.57. The fourth-order valence-electron chi connectivity index (χ4n) is 6.61. The van der Waals surface area contributed by atoms with Crippen LogP contribution >= 0.6 is 0 Å². The zero-order chi connectivity index (χ0) is 21.6. The standard InChI is InChI=1S/C25H29N3O3/c1-16-5-3-8-21(26-16)23(30)28-25-13-17-9-18(14-25)12-24(11-17,15-25)27-22(29)19-6-4-7-20(10-19)31-2/h3-8,10,17-18H,9,11-15H2,1-2H3,(H,27,29)(H,28,30). The molecule has 4 saturated carbocycles. The third kappa shape index (κ3) is 3.80. The molecule has 6 rings (SSSR count). The number of benzene rings is 1. The maximum absolute atomic E-state index is 13.1. The molecule has 0 saturated heterocycles. The number of hydrogen-bond acceptors (Lipinski definition) is 4. The van der Waals surface area contributed by atoms with E-state index in [9.17, 15) is 9.59 Å². The molecule has 0 aliphatic heterocycles. The number of ether oxygens (including phenoxy) is 1. The van der Waals surface area contributed by atoms with E-state index in [0.717, 1.165) is 37.8 Å². The molecule has 1 heterocycles. The molecule has 0 radical (unpaired) electrons. The van der Waals surface area contributed by atoms with Crippen molar-refractivity contribution in [3.8, 4) is 5.75 Å². The molecule has 6 heteroatoms. The topological polar surface area (TPSA) is 80.3 Å². The number of carbonyl (C=O) groups excluding carboxylic acids is 2. The zero-order valence-electron chi connectivity index (χ0n) is 18.1. The smallest absolute Gasteiger partial charge is 0.270 e. The molecule has 2 N–H and O–H groups in total. The number of pyridine rings is 1. The summed E-state index contributed by atoms with van der Waals surface area (Å²) in [7, 11) is 1.60. The lowest BCUT2D eigenvalue weighted by molar-refractivity contribution is -0.0448. The van der Waals surface area contributed by atoms with Gasteiger partial charge in [0.2, 0.25) is 0 Å². The summed E-state index contributed by atoms with van der Waals surface area (Å²) in [5.41, 5.74) is 1.37. The van der Waals surface area contributed by atoms with Gasteiger partial charge in [-0.1, -0.05) is 12.1 Å². The summed E-state index contributed by atoms with van der Waals surface area (Å²) in [5, 5.41) is 6.73. The summed E-state index contributed by atoms with van der Waals surface area (Å²) in [4.78, 5) is 30.5. The molecule has 2 aromatic rings. The first-order chi connectivity index (χ1) is 14.9. The number of rotatable bonds is 5. The van der Waals surface area contributed by atoms with Gasteiger partial charge in [0.15, 0.2) is 0 Å². The highest BCUT2D eigenvalue weighted by atomic mass is 16.5. The Labute approximate surface area is 182 Å². The van der Waals surface area contributed by atoms with Crippen molar-refractivity contribution in [2.24, 2.45) is 11.8 Å². The van der Waals surface area contributed by atoms with Crippen molar-refractivity contribution in [1.29, 1.82) is 0 Å². The van der Waals surface area contributed by atoms with Crippen molar-refractivity contribution >= 4 is 11.8 Å². The lowest BCUT2D eigenvalue weighted by Gasteiger charge is -2.62. The summed E-state index contributed by atoms with van der Waals surface area (Å²) in [6.45, 7) is 1.89. The lowest BCUT2D eigenvalue weighted by atomic mass is 9.49. The normalized spacial score (nSPS) is 30.6. The van der Waals surface area contributed by atoms with Gasteiger partial charge in [-0.05, 0) is 87.6 Å². The van der Waals surface area contributed by atoms with Gasteiger partial charge in [-0.2, -0.15) is 0 Å². The molecule has 4 fully saturated rings. The van der Waals surface area contributed by atoms with Crippen LogP contribution in [0, 0.1) is 18.8 Å². The average molecular weight is 420 g/mol. The Hall–Kier alpha value is -2.89. The first-order valence-corrected chi connectivity index (χ1v) is 11.1. The SMILES string of the molecule is COc1cccc(C(=O)NC23CC4CC(C2)CC(NC(=O)c2cccc(C)n2)(C4)C3)c1. The van der Waals surface area contributed by atoms with Gasteiger partial charge in [0.25, 0.3) is 11.8 Å². The van der Waals surface area contributed by atoms with Gasteiger partial charge in [0.05, 0.1) is 7.11 Å². The quantitative estimate of drug-likeness (QED) is 0.775. The average Bonchev–Trinajstić information content (AvgIpc) is 2.72. The van der Waals surface area contributed by atoms with E-state index >= 15 is 0 Å².